The molecule has 0 radical (unpaired) electrons. The van der Waals surface area contributed by atoms with E-state index in [2.05, 4.69) is 4.98 Å². The highest BCUT2D eigenvalue weighted by Gasteiger charge is 2.04. The molecule has 0 saturated carbocycles. The lowest BCUT2D eigenvalue weighted by Crippen LogP contribution is -1.98. The molecule has 1 unspecified atom stereocenters. The summed E-state index contributed by atoms with van der Waals surface area (Å²) in [4.78, 5) is 4.42. The van der Waals surface area contributed by atoms with Crippen molar-refractivity contribution >= 4 is 10.9 Å². The second kappa shape index (κ2) is 5.94. The van der Waals surface area contributed by atoms with Crippen LogP contribution in [0.25, 0.3) is 10.9 Å². The van der Waals surface area contributed by atoms with E-state index in [1.165, 1.54) is 0 Å². The molecule has 1 N–H and O–H groups in total. The zero-order valence-corrected chi connectivity index (χ0v) is 11.9. The molecule has 0 saturated heterocycles. The first kappa shape index (κ1) is 13.6. The molecular weight excluding hydrogens is 262 g/mol. The van der Waals surface area contributed by atoms with Crippen LogP contribution in [-0.2, 0) is 6.61 Å². The summed E-state index contributed by atoms with van der Waals surface area (Å²) in [6, 6.07) is 17.6. The van der Waals surface area contributed by atoms with E-state index in [0.717, 1.165) is 27.8 Å². The Balaban J connectivity index is 1.77. The standard InChI is InChI=1S/C18H17NO2/c1-13(20)14-7-9-17(10-8-14)21-12-16-5-2-4-15-6-3-11-19-18(15)16/h2-11,13,20H,12H2,1H3. The van der Waals surface area contributed by atoms with E-state index in [4.69, 9.17) is 4.74 Å². The molecule has 3 rings (SSSR count). The van der Waals surface area contributed by atoms with Gasteiger partial charge in [0.15, 0.2) is 0 Å². The van der Waals surface area contributed by atoms with Gasteiger partial charge in [0.25, 0.3) is 0 Å². The SMILES string of the molecule is CC(O)c1ccc(OCc2cccc3cccnc23)cc1. The Morgan fingerprint density at radius 1 is 1.05 bits per heavy atom. The van der Waals surface area contributed by atoms with Crippen LogP contribution in [0.4, 0.5) is 0 Å². The van der Waals surface area contributed by atoms with E-state index in [0.29, 0.717) is 6.61 Å². The van der Waals surface area contributed by atoms with Crippen molar-refractivity contribution in [2.45, 2.75) is 19.6 Å². The third-order valence-corrected chi connectivity index (χ3v) is 3.47. The summed E-state index contributed by atoms with van der Waals surface area (Å²) in [6.07, 6.45) is 1.34. The Morgan fingerprint density at radius 3 is 2.57 bits per heavy atom. The number of nitrogens with zero attached hydrogens (tertiary/aromatic N) is 1. The predicted molar refractivity (Wildman–Crippen MR) is 83.2 cm³/mol. The summed E-state index contributed by atoms with van der Waals surface area (Å²) in [5.41, 5.74) is 2.92. The van der Waals surface area contributed by atoms with Crippen LogP contribution >= 0.6 is 0 Å². The highest BCUT2D eigenvalue weighted by Crippen LogP contribution is 2.20. The van der Waals surface area contributed by atoms with E-state index in [1.807, 2.05) is 54.6 Å². The number of rotatable bonds is 4. The number of ether oxygens (including phenoxy) is 1. The smallest absolute Gasteiger partial charge is 0.119 e. The molecule has 0 aliphatic rings. The van der Waals surface area contributed by atoms with Crippen molar-refractivity contribution in [3.05, 3.63) is 71.9 Å². The molecule has 1 aromatic heterocycles. The van der Waals surface area contributed by atoms with E-state index in [-0.39, 0.29) is 0 Å². The molecule has 0 fully saturated rings. The Labute approximate surface area is 123 Å². The minimum absolute atomic E-state index is 0.457. The lowest BCUT2D eigenvalue weighted by Gasteiger charge is -2.10. The van der Waals surface area contributed by atoms with Gasteiger partial charge in [0.1, 0.15) is 12.4 Å². The van der Waals surface area contributed by atoms with Gasteiger partial charge in [-0.3, -0.25) is 4.98 Å². The average molecular weight is 279 g/mol. The zero-order chi connectivity index (χ0) is 14.7. The lowest BCUT2D eigenvalue weighted by molar-refractivity contribution is 0.199. The van der Waals surface area contributed by atoms with Crippen LogP contribution < -0.4 is 4.74 Å². The van der Waals surface area contributed by atoms with Gasteiger partial charge in [-0.15, -0.1) is 0 Å². The van der Waals surface area contributed by atoms with Gasteiger partial charge < -0.3 is 9.84 Å². The van der Waals surface area contributed by atoms with Crippen LogP contribution in [-0.4, -0.2) is 10.1 Å². The van der Waals surface area contributed by atoms with Crippen LogP contribution in [0.5, 0.6) is 5.75 Å². The molecule has 1 heterocycles. The summed E-state index contributed by atoms with van der Waals surface area (Å²) < 4.78 is 5.81. The van der Waals surface area contributed by atoms with Gasteiger partial charge in [0, 0.05) is 17.1 Å². The molecule has 2 aromatic carbocycles. The first-order valence-electron chi connectivity index (χ1n) is 6.97. The fourth-order valence-electron chi connectivity index (χ4n) is 2.29. The molecular formula is C18H17NO2. The molecule has 21 heavy (non-hydrogen) atoms. The van der Waals surface area contributed by atoms with E-state index in [9.17, 15) is 5.11 Å². The third-order valence-electron chi connectivity index (χ3n) is 3.47. The predicted octanol–water partition coefficient (Wildman–Crippen LogP) is 3.87. The largest absolute Gasteiger partial charge is 0.489 e. The molecule has 0 spiro atoms. The summed E-state index contributed by atoms with van der Waals surface area (Å²) in [6.45, 7) is 2.22. The number of hydrogen-bond acceptors (Lipinski definition) is 3. The van der Waals surface area contributed by atoms with Crippen LogP contribution in [0.15, 0.2) is 60.8 Å². The average Bonchev–Trinajstić information content (AvgIpc) is 2.53. The van der Waals surface area contributed by atoms with Gasteiger partial charge in [0.2, 0.25) is 0 Å². The zero-order valence-electron chi connectivity index (χ0n) is 11.9. The van der Waals surface area contributed by atoms with Crippen LogP contribution in [0, 0.1) is 0 Å². The maximum absolute atomic E-state index is 9.49. The fourth-order valence-corrected chi connectivity index (χ4v) is 2.29. The van der Waals surface area contributed by atoms with Crippen molar-refractivity contribution in [3.63, 3.8) is 0 Å². The molecule has 106 valence electrons. The van der Waals surface area contributed by atoms with Crippen molar-refractivity contribution in [3.8, 4) is 5.75 Å². The monoisotopic (exact) mass is 279 g/mol. The number of pyridine rings is 1. The van der Waals surface area contributed by atoms with Gasteiger partial charge in [0.05, 0.1) is 11.6 Å². The van der Waals surface area contributed by atoms with Crippen molar-refractivity contribution in [2.75, 3.05) is 0 Å². The van der Waals surface area contributed by atoms with Crippen molar-refractivity contribution < 1.29 is 9.84 Å². The third kappa shape index (κ3) is 3.03. The quantitative estimate of drug-likeness (QED) is 0.788. The number of aromatic nitrogens is 1. The second-order valence-electron chi connectivity index (χ2n) is 5.03. The number of aliphatic hydroxyl groups excluding tert-OH is 1. The number of benzene rings is 2. The highest BCUT2D eigenvalue weighted by molar-refractivity contribution is 5.81. The first-order chi connectivity index (χ1) is 10.2. The Kier molecular flexibility index (Phi) is 3.84. The molecule has 0 aliphatic carbocycles. The van der Waals surface area contributed by atoms with Crippen LogP contribution in [0.1, 0.15) is 24.2 Å². The Morgan fingerprint density at radius 2 is 1.81 bits per heavy atom. The number of hydrogen-bond donors (Lipinski definition) is 1. The van der Waals surface area contributed by atoms with Gasteiger partial charge in [-0.2, -0.15) is 0 Å². The highest BCUT2D eigenvalue weighted by atomic mass is 16.5. The summed E-state index contributed by atoms with van der Waals surface area (Å²) >= 11 is 0. The second-order valence-corrected chi connectivity index (χ2v) is 5.03. The summed E-state index contributed by atoms with van der Waals surface area (Å²) in [5, 5.41) is 10.6. The minimum Gasteiger partial charge on any atom is -0.489 e. The van der Waals surface area contributed by atoms with E-state index < -0.39 is 6.10 Å². The summed E-state index contributed by atoms with van der Waals surface area (Å²) in [7, 11) is 0. The normalized spacial score (nSPS) is 12.3. The topological polar surface area (TPSA) is 42.4 Å². The van der Waals surface area contributed by atoms with E-state index in [1.54, 1.807) is 13.1 Å². The minimum atomic E-state index is -0.457. The first-order valence-corrected chi connectivity index (χ1v) is 6.97. The van der Waals surface area contributed by atoms with Gasteiger partial charge in [-0.05, 0) is 30.7 Å². The number of aliphatic hydroxyl groups is 1. The molecule has 3 nitrogen and oxygen atoms in total. The molecule has 0 bridgehead atoms. The molecule has 0 aliphatic heterocycles. The van der Waals surface area contributed by atoms with Crippen molar-refractivity contribution in [1.82, 2.24) is 4.98 Å². The van der Waals surface area contributed by atoms with Crippen molar-refractivity contribution in [2.24, 2.45) is 0 Å². The van der Waals surface area contributed by atoms with Crippen LogP contribution in [0.3, 0.4) is 0 Å². The Hall–Kier alpha value is -2.39. The lowest BCUT2D eigenvalue weighted by atomic mass is 10.1. The number of para-hydroxylation sites is 1. The maximum Gasteiger partial charge on any atom is 0.119 e. The molecule has 3 aromatic rings. The number of fused-ring (bicyclic) bond motifs is 1. The maximum atomic E-state index is 9.49. The van der Waals surface area contributed by atoms with E-state index >= 15 is 0 Å². The van der Waals surface area contributed by atoms with Gasteiger partial charge in [-0.1, -0.05) is 36.4 Å². The van der Waals surface area contributed by atoms with Gasteiger partial charge >= 0.3 is 0 Å². The Bertz CT molecular complexity index is 730. The summed E-state index contributed by atoms with van der Waals surface area (Å²) in [5.74, 6) is 0.785. The van der Waals surface area contributed by atoms with Gasteiger partial charge in [-0.25, -0.2) is 0 Å². The molecule has 3 heteroatoms. The van der Waals surface area contributed by atoms with Crippen molar-refractivity contribution in [1.29, 1.82) is 0 Å². The molecule has 0 amide bonds. The van der Waals surface area contributed by atoms with Crippen LogP contribution in [0.2, 0.25) is 0 Å². The fraction of sp³-hybridized carbons (Fsp3) is 0.167. The molecule has 1 atom stereocenters.